The quantitative estimate of drug-likeness (QED) is 0.665. The van der Waals surface area contributed by atoms with Crippen LogP contribution in [0.2, 0.25) is 0 Å². The molecule has 0 saturated heterocycles. The second kappa shape index (κ2) is 8.85. The molecule has 2 aromatic carbocycles. The summed E-state index contributed by atoms with van der Waals surface area (Å²) in [7, 11) is -1.14. The molecule has 1 amide bonds. The van der Waals surface area contributed by atoms with Crippen molar-refractivity contribution in [2.75, 3.05) is 25.1 Å². The number of sulfonamides is 1. The predicted octanol–water partition coefficient (Wildman–Crippen LogP) is 3.40. The lowest BCUT2D eigenvalue weighted by molar-refractivity contribution is -0.117. The van der Waals surface area contributed by atoms with Gasteiger partial charge in [0.15, 0.2) is 16.4 Å². The van der Waals surface area contributed by atoms with Crippen molar-refractivity contribution in [2.24, 2.45) is 0 Å². The number of fused-ring (bicyclic) bond motifs is 1. The molecule has 0 spiro atoms. The predicted molar refractivity (Wildman–Crippen MR) is 122 cm³/mol. The largest absolute Gasteiger partial charge is 0.493 e. The van der Waals surface area contributed by atoms with Gasteiger partial charge >= 0.3 is 0 Å². The molecular weight excluding hydrogens is 416 g/mol. The van der Waals surface area contributed by atoms with Gasteiger partial charge < -0.3 is 14.8 Å². The Morgan fingerprint density at radius 3 is 2.39 bits per heavy atom. The molecular formula is C23H26N2O5S. The number of nitrogens with zero attached hydrogens (tertiary/aromatic N) is 1. The monoisotopic (exact) mass is 442 g/mol. The number of nitrogens with one attached hydrogen (secondary N) is 1. The van der Waals surface area contributed by atoms with Gasteiger partial charge in [-0.15, -0.1) is 6.58 Å². The lowest BCUT2D eigenvalue weighted by Gasteiger charge is -2.32. The third kappa shape index (κ3) is 4.03. The van der Waals surface area contributed by atoms with Gasteiger partial charge in [-0.05, 0) is 36.6 Å². The zero-order valence-corrected chi connectivity index (χ0v) is 18.9. The molecule has 1 heterocycles. The number of hydrogen-bond donors (Lipinski definition) is 1. The average molecular weight is 443 g/mol. The summed E-state index contributed by atoms with van der Waals surface area (Å²) >= 11 is 0. The van der Waals surface area contributed by atoms with Gasteiger partial charge in [-0.1, -0.05) is 30.3 Å². The van der Waals surface area contributed by atoms with Crippen LogP contribution in [-0.2, 0) is 21.4 Å². The van der Waals surface area contributed by atoms with E-state index in [2.05, 4.69) is 11.9 Å². The smallest absolute Gasteiger partial charge is 0.270 e. The minimum Gasteiger partial charge on any atom is -0.493 e. The number of ether oxygens (including phenoxy) is 2. The van der Waals surface area contributed by atoms with Crippen LogP contribution in [0.4, 0.5) is 5.69 Å². The number of anilines is 1. The van der Waals surface area contributed by atoms with Gasteiger partial charge in [0.2, 0.25) is 0 Å². The van der Waals surface area contributed by atoms with E-state index in [0.717, 1.165) is 15.4 Å². The van der Waals surface area contributed by atoms with E-state index in [-0.39, 0.29) is 18.0 Å². The molecule has 3 rings (SSSR count). The van der Waals surface area contributed by atoms with Crippen LogP contribution in [0.25, 0.3) is 5.57 Å². The molecule has 0 saturated carbocycles. The van der Waals surface area contributed by atoms with Crippen LogP contribution < -0.4 is 19.1 Å². The number of rotatable bonds is 7. The molecule has 164 valence electrons. The van der Waals surface area contributed by atoms with Gasteiger partial charge in [-0.2, -0.15) is 0 Å². The highest BCUT2D eigenvalue weighted by molar-refractivity contribution is 7.97. The summed E-state index contributed by atoms with van der Waals surface area (Å²) < 4.78 is 38.7. The van der Waals surface area contributed by atoms with Gasteiger partial charge in [0.05, 0.1) is 26.5 Å². The first-order chi connectivity index (χ1) is 14.8. The highest BCUT2D eigenvalue weighted by Crippen LogP contribution is 2.44. The fraction of sp³-hybridized carbons (Fsp3) is 0.261. The summed E-state index contributed by atoms with van der Waals surface area (Å²) in [5.74, 6) is 0.180. The van der Waals surface area contributed by atoms with E-state index >= 15 is 0 Å². The average Bonchev–Trinajstić information content (AvgIpc) is 2.75. The standard InChI is InChI=1S/C23H26N2O5S/c1-6-11-25-19-13-21(30-5)20(29-4)12-18(19)16(3)22(31(25,27)28)23(26)24-14-17-10-8-7-9-15(17)2/h6-10,12-13H,1,11,14H2,2-5H3,(H,24,26). The third-order valence-corrected chi connectivity index (χ3v) is 7.20. The Bertz CT molecular complexity index is 1170. The molecule has 1 aliphatic rings. The van der Waals surface area contributed by atoms with Gasteiger partial charge in [-0.25, -0.2) is 8.42 Å². The summed E-state index contributed by atoms with van der Waals surface area (Å²) in [6.45, 7) is 7.45. The topological polar surface area (TPSA) is 84.9 Å². The zero-order chi connectivity index (χ0) is 22.8. The lowest BCUT2D eigenvalue weighted by atomic mass is 10.0. The Morgan fingerprint density at radius 2 is 1.77 bits per heavy atom. The summed E-state index contributed by atoms with van der Waals surface area (Å²) in [5, 5.41) is 2.76. The van der Waals surface area contributed by atoms with Crippen LogP contribution in [0.5, 0.6) is 11.5 Å². The maximum absolute atomic E-state index is 13.4. The molecule has 0 unspecified atom stereocenters. The molecule has 1 N–H and O–H groups in total. The van der Waals surface area contributed by atoms with Crippen LogP contribution in [0.1, 0.15) is 23.6 Å². The molecule has 0 atom stereocenters. The van der Waals surface area contributed by atoms with Crippen molar-refractivity contribution in [3.05, 3.63) is 70.6 Å². The van der Waals surface area contributed by atoms with Crippen molar-refractivity contribution in [3.8, 4) is 11.5 Å². The lowest BCUT2D eigenvalue weighted by Crippen LogP contribution is -2.41. The second-order valence-corrected chi connectivity index (χ2v) is 8.91. The molecule has 0 radical (unpaired) electrons. The Balaban J connectivity index is 2.11. The van der Waals surface area contributed by atoms with E-state index in [9.17, 15) is 13.2 Å². The number of allylic oxidation sites excluding steroid dienone is 1. The first kappa shape index (κ1) is 22.4. The normalized spacial score (nSPS) is 14.6. The molecule has 0 aromatic heterocycles. The van der Waals surface area contributed by atoms with E-state index < -0.39 is 15.9 Å². The maximum atomic E-state index is 13.4. The molecule has 31 heavy (non-hydrogen) atoms. The van der Waals surface area contributed by atoms with Crippen molar-refractivity contribution in [1.29, 1.82) is 0 Å². The van der Waals surface area contributed by atoms with Crippen LogP contribution in [0.15, 0.2) is 54.0 Å². The van der Waals surface area contributed by atoms with Crippen LogP contribution in [0, 0.1) is 6.92 Å². The van der Waals surface area contributed by atoms with Crippen molar-refractivity contribution >= 4 is 27.2 Å². The first-order valence-electron chi connectivity index (χ1n) is 9.69. The maximum Gasteiger partial charge on any atom is 0.270 e. The molecule has 0 bridgehead atoms. The molecule has 7 nitrogen and oxygen atoms in total. The second-order valence-electron chi connectivity index (χ2n) is 7.11. The van der Waals surface area contributed by atoms with Crippen LogP contribution in [0.3, 0.4) is 0 Å². The Hall–Kier alpha value is -3.26. The van der Waals surface area contributed by atoms with Gasteiger partial charge in [-0.3, -0.25) is 9.10 Å². The van der Waals surface area contributed by atoms with Gasteiger partial charge in [0, 0.05) is 18.2 Å². The number of benzene rings is 2. The minimum atomic E-state index is -4.11. The highest BCUT2D eigenvalue weighted by Gasteiger charge is 2.39. The van der Waals surface area contributed by atoms with Gasteiger partial charge in [0.1, 0.15) is 0 Å². The minimum absolute atomic E-state index is 0.00662. The Labute approximate surface area is 183 Å². The summed E-state index contributed by atoms with van der Waals surface area (Å²) in [5.41, 5.74) is 3.26. The number of aryl methyl sites for hydroxylation is 1. The number of carbonyl (C=O) groups excluding carboxylic acids is 1. The van der Waals surface area contributed by atoms with E-state index in [0.29, 0.717) is 28.3 Å². The Kier molecular flexibility index (Phi) is 6.40. The molecule has 1 aliphatic heterocycles. The van der Waals surface area contributed by atoms with E-state index in [1.54, 1.807) is 19.1 Å². The van der Waals surface area contributed by atoms with E-state index in [4.69, 9.17) is 9.47 Å². The van der Waals surface area contributed by atoms with Crippen molar-refractivity contribution in [1.82, 2.24) is 5.32 Å². The first-order valence-corrected chi connectivity index (χ1v) is 11.1. The Morgan fingerprint density at radius 1 is 1.13 bits per heavy atom. The number of amides is 1. The van der Waals surface area contributed by atoms with Crippen molar-refractivity contribution in [3.63, 3.8) is 0 Å². The molecule has 0 fully saturated rings. The number of carbonyl (C=O) groups is 1. The van der Waals surface area contributed by atoms with Gasteiger partial charge in [0.25, 0.3) is 15.9 Å². The SMILES string of the molecule is C=CCN1c2cc(OC)c(OC)cc2C(C)=C(C(=O)NCc2ccccc2C)S1(=O)=O. The number of methoxy groups -OCH3 is 2. The van der Waals surface area contributed by atoms with E-state index in [1.807, 2.05) is 31.2 Å². The van der Waals surface area contributed by atoms with Crippen LogP contribution >= 0.6 is 0 Å². The molecule has 0 aliphatic carbocycles. The van der Waals surface area contributed by atoms with Crippen LogP contribution in [-0.4, -0.2) is 35.1 Å². The number of hydrogen-bond acceptors (Lipinski definition) is 5. The zero-order valence-electron chi connectivity index (χ0n) is 18.1. The third-order valence-electron chi connectivity index (χ3n) is 5.27. The summed E-state index contributed by atoms with van der Waals surface area (Å²) in [4.78, 5) is 12.8. The molecule has 2 aromatic rings. The summed E-state index contributed by atoms with van der Waals surface area (Å²) in [6.07, 6.45) is 1.47. The van der Waals surface area contributed by atoms with Crippen molar-refractivity contribution < 1.29 is 22.7 Å². The highest BCUT2D eigenvalue weighted by atomic mass is 32.2. The summed E-state index contributed by atoms with van der Waals surface area (Å²) in [6, 6.07) is 10.9. The van der Waals surface area contributed by atoms with Crippen molar-refractivity contribution in [2.45, 2.75) is 20.4 Å². The molecule has 8 heteroatoms. The fourth-order valence-corrected chi connectivity index (χ4v) is 5.33. The fourth-order valence-electron chi connectivity index (χ4n) is 3.60. The van der Waals surface area contributed by atoms with E-state index in [1.165, 1.54) is 20.3 Å².